The van der Waals surface area contributed by atoms with E-state index in [1.54, 1.807) is 0 Å². The molecule has 0 bridgehead atoms. The molecule has 2 rings (SSSR count). The van der Waals surface area contributed by atoms with Gasteiger partial charge in [0.2, 0.25) is 0 Å². The lowest BCUT2D eigenvalue weighted by atomic mass is 9.85. The minimum absolute atomic E-state index is 0.263. The molecule has 0 aliphatic heterocycles. The summed E-state index contributed by atoms with van der Waals surface area (Å²) in [5, 5.41) is 9.97. The fourth-order valence-electron chi connectivity index (χ4n) is 2.73. The Morgan fingerprint density at radius 1 is 1.12 bits per heavy atom. The Bertz CT molecular complexity index is 349. The van der Waals surface area contributed by atoms with Crippen LogP contribution in [0.3, 0.4) is 0 Å². The van der Waals surface area contributed by atoms with Gasteiger partial charge < -0.3 is 5.11 Å². The summed E-state index contributed by atoms with van der Waals surface area (Å²) in [5.41, 5.74) is 2.87. The lowest BCUT2D eigenvalue weighted by Crippen LogP contribution is -2.20. The van der Waals surface area contributed by atoms with Crippen molar-refractivity contribution in [2.75, 3.05) is 0 Å². The second kappa shape index (κ2) is 5.68. The predicted molar refractivity (Wildman–Crippen MR) is 72.7 cm³/mol. The third-order valence-electron chi connectivity index (χ3n) is 4.07. The van der Waals surface area contributed by atoms with E-state index in [0.29, 0.717) is 11.8 Å². The van der Waals surface area contributed by atoms with Crippen LogP contribution < -0.4 is 0 Å². The Labute approximate surface area is 105 Å². The number of allylic oxidation sites excluding steroid dienone is 4. The van der Waals surface area contributed by atoms with E-state index < -0.39 is 0 Å². The van der Waals surface area contributed by atoms with Crippen molar-refractivity contribution in [3.63, 3.8) is 0 Å². The first-order valence-electron chi connectivity index (χ1n) is 6.84. The van der Waals surface area contributed by atoms with Gasteiger partial charge in [-0.25, -0.2) is 0 Å². The van der Waals surface area contributed by atoms with Gasteiger partial charge in [-0.1, -0.05) is 35.5 Å². The van der Waals surface area contributed by atoms with Gasteiger partial charge in [-0.05, 0) is 51.9 Å². The summed E-state index contributed by atoms with van der Waals surface area (Å²) < 4.78 is 0. The molecule has 0 saturated heterocycles. The van der Waals surface area contributed by atoms with Crippen LogP contribution in [0, 0.1) is 11.8 Å². The first-order valence-corrected chi connectivity index (χ1v) is 6.84. The average molecular weight is 232 g/mol. The maximum absolute atomic E-state index is 9.97. The Morgan fingerprint density at radius 3 is 2.53 bits per heavy atom. The van der Waals surface area contributed by atoms with Gasteiger partial charge in [0.25, 0.3) is 0 Å². The first kappa shape index (κ1) is 12.6. The van der Waals surface area contributed by atoms with Gasteiger partial charge in [-0.2, -0.15) is 0 Å². The van der Waals surface area contributed by atoms with E-state index in [0.717, 1.165) is 12.8 Å². The van der Waals surface area contributed by atoms with Crippen molar-refractivity contribution in [2.24, 2.45) is 11.8 Å². The van der Waals surface area contributed by atoms with Crippen molar-refractivity contribution in [1.29, 1.82) is 0 Å². The van der Waals surface area contributed by atoms with Crippen LogP contribution in [-0.2, 0) is 0 Å². The Morgan fingerprint density at radius 2 is 1.88 bits per heavy atom. The first-order chi connectivity index (χ1) is 8.15. The van der Waals surface area contributed by atoms with Crippen LogP contribution in [0.25, 0.3) is 0 Å². The van der Waals surface area contributed by atoms with Crippen LogP contribution in [-0.4, -0.2) is 11.2 Å². The molecule has 0 heterocycles. The Kier molecular flexibility index (Phi) is 4.22. The van der Waals surface area contributed by atoms with Gasteiger partial charge in [0.05, 0.1) is 6.10 Å². The van der Waals surface area contributed by atoms with Crippen molar-refractivity contribution >= 4 is 0 Å². The smallest absolute Gasteiger partial charge is 0.0786 e. The van der Waals surface area contributed by atoms with E-state index in [1.807, 2.05) is 6.08 Å². The Hall–Kier alpha value is -0.820. The fraction of sp³-hybridized carbons (Fsp3) is 0.625. The van der Waals surface area contributed by atoms with E-state index in [1.165, 1.54) is 30.4 Å². The zero-order chi connectivity index (χ0) is 12.3. The number of rotatable bonds is 2. The molecule has 2 aliphatic rings. The van der Waals surface area contributed by atoms with Crippen LogP contribution in [0.4, 0.5) is 0 Å². The number of hydrogen-bond donors (Lipinski definition) is 1. The molecular formula is C16H24O. The summed E-state index contributed by atoms with van der Waals surface area (Å²) in [5.74, 6) is 1.03. The molecule has 0 amide bonds. The molecule has 94 valence electrons. The van der Waals surface area contributed by atoms with Gasteiger partial charge in [0.1, 0.15) is 0 Å². The van der Waals surface area contributed by atoms with Crippen LogP contribution >= 0.6 is 0 Å². The van der Waals surface area contributed by atoms with E-state index >= 15 is 0 Å². The second-order valence-corrected chi connectivity index (χ2v) is 5.68. The molecule has 3 unspecified atom stereocenters. The second-order valence-electron chi connectivity index (χ2n) is 5.68. The molecule has 3 atom stereocenters. The van der Waals surface area contributed by atoms with E-state index in [4.69, 9.17) is 0 Å². The highest BCUT2D eigenvalue weighted by Crippen LogP contribution is 2.28. The highest BCUT2D eigenvalue weighted by atomic mass is 16.3. The lowest BCUT2D eigenvalue weighted by molar-refractivity contribution is 0.163. The van der Waals surface area contributed by atoms with Crippen molar-refractivity contribution in [1.82, 2.24) is 0 Å². The number of aliphatic hydroxyl groups is 1. The summed E-state index contributed by atoms with van der Waals surface area (Å²) in [6, 6.07) is 0. The largest absolute Gasteiger partial charge is 0.388 e. The fourth-order valence-corrected chi connectivity index (χ4v) is 2.73. The van der Waals surface area contributed by atoms with Crippen LogP contribution in [0.5, 0.6) is 0 Å². The predicted octanol–water partition coefficient (Wildman–Crippen LogP) is 4.01. The summed E-state index contributed by atoms with van der Waals surface area (Å²) >= 11 is 0. The molecule has 1 heteroatoms. The number of hydrogen-bond acceptors (Lipinski definition) is 1. The summed E-state index contributed by atoms with van der Waals surface area (Å²) in [6.07, 6.45) is 14.6. The van der Waals surface area contributed by atoms with E-state index in [2.05, 4.69) is 32.1 Å². The third kappa shape index (κ3) is 3.57. The molecule has 0 fully saturated rings. The quantitative estimate of drug-likeness (QED) is 0.713. The highest BCUT2D eigenvalue weighted by molar-refractivity contribution is 5.13. The minimum atomic E-state index is -0.263. The van der Waals surface area contributed by atoms with Crippen LogP contribution in [0.15, 0.2) is 35.5 Å². The van der Waals surface area contributed by atoms with Crippen molar-refractivity contribution < 1.29 is 5.11 Å². The molecule has 1 N–H and O–H groups in total. The molecule has 2 aliphatic carbocycles. The topological polar surface area (TPSA) is 20.2 Å². The lowest BCUT2D eigenvalue weighted by Gasteiger charge is -2.24. The summed E-state index contributed by atoms with van der Waals surface area (Å²) in [6.45, 7) is 4.33. The molecule has 17 heavy (non-hydrogen) atoms. The zero-order valence-corrected chi connectivity index (χ0v) is 11.0. The monoisotopic (exact) mass is 232 g/mol. The van der Waals surface area contributed by atoms with Crippen molar-refractivity contribution in [3.8, 4) is 0 Å². The zero-order valence-electron chi connectivity index (χ0n) is 11.0. The van der Waals surface area contributed by atoms with Gasteiger partial charge >= 0.3 is 0 Å². The molecule has 0 aromatic heterocycles. The molecule has 1 nitrogen and oxygen atoms in total. The van der Waals surface area contributed by atoms with E-state index in [9.17, 15) is 5.11 Å². The van der Waals surface area contributed by atoms with Crippen molar-refractivity contribution in [3.05, 3.63) is 35.5 Å². The maximum Gasteiger partial charge on any atom is 0.0786 e. The van der Waals surface area contributed by atoms with Crippen molar-refractivity contribution in [2.45, 2.75) is 52.1 Å². The molecule has 0 radical (unpaired) electrons. The van der Waals surface area contributed by atoms with Gasteiger partial charge in [0.15, 0.2) is 0 Å². The molecule has 0 saturated carbocycles. The number of aliphatic hydroxyl groups excluding tert-OH is 1. The van der Waals surface area contributed by atoms with Crippen LogP contribution in [0.1, 0.15) is 46.0 Å². The van der Waals surface area contributed by atoms with Gasteiger partial charge in [0, 0.05) is 5.92 Å². The van der Waals surface area contributed by atoms with Gasteiger partial charge in [-0.15, -0.1) is 0 Å². The molecular weight excluding hydrogens is 208 g/mol. The third-order valence-corrected chi connectivity index (χ3v) is 4.07. The Balaban J connectivity index is 1.89. The SMILES string of the molecule is CC1=CCC(C=CC2CCC(C)=CC2O)CC1. The van der Waals surface area contributed by atoms with E-state index in [-0.39, 0.29) is 6.10 Å². The summed E-state index contributed by atoms with van der Waals surface area (Å²) in [7, 11) is 0. The average Bonchev–Trinajstić information content (AvgIpc) is 2.30. The molecule has 0 aromatic rings. The maximum atomic E-state index is 9.97. The normalized spacial score (nSPS) is 34.6. The summed E-state index contributed by atoms with van der Waals surface area (Å²) in [4.78, 5) is 0. The van der Waals surface area contributed by atoms with Gasteiger partial charge in [-0.3, -0.25) is 0 Å². The molecule has 0 spiro atoms. The molecule has 0 aromatic carbocycles. The standard InChI is InChI=1S/C16H24O/c1-12-3-6-14(7-4-12)8-10-15-9-5-13(2)11-16(15)17/h3,8,10-11,14-17H,4-7,9H2,1-2H3. The minimum Gasteiger partial charge on any atom is -0.388 e. The van der Waals surface area contributed by atoms with Crippen LogP contribution in [0.2, 0.25) is 0 Å². The highest BCUT2D eigenvalue weighted by Gasteiger charge is 2.19.